The number of hydrogen-bond donors (Lipinski definition) is 1. The average Bonchev–Trinajstić information content (AvgIpc) is 2.92. The topological polar surface area (TPSA) is 29.9 Å². The van der Waals surface area contributed by atoms with Crippen LogP contribution in [0, 0.1) is 0 Å². The molecule has 3 rings (SSSR count). The van der Waals surface area contributed by atoms with Crippen LogP contribution >= 0.6 is 34.8 Å². The number of halogens is 3. The number of hydrogen-bond acceptors (Lipinski definition) is 2. The highest BCUT2D eigenvalue weighted by atomic mass is 35.5. The van der Waals surface area contributed by atoms with Gasteiger partial charge in [-0.25, -0.2) is 4.98 Å². The molecular weight excluding hydrogens is 329 g/mol. The van der Waals surface area contributed by atoms with Gasteiger partial charge < -0.3 is 5.32 Å². The number of benzene rings is 2. The Hall–Kier alpha value is -1.68. The fourth-order valence-corrected chi connectivity index (χ4v) is 2.57. The Labute approximate surface area is 137 Å². The summed E-state index contributed by atoms with van der Waals surface area (Å²) in [6.45, 7) is 0. The van der Waals surface area contributed by atoms with Crippen LogP contribution in [0.1, 0.15) is 0 Å². The van der Waals surface area contributed by atoms with Crippen molar-refractivity contribution in [3.05, 3.63) is 69.9 Å². The molecule has 0 aliphatic heterocycles. The third kappa shape index (κ3) is 3.00. The van der Waals surface area contributed by atoms with Crippen molar-refractivity contribution < 1.29 is 0 Å². The zero-order valence-electron chi connectivity index (χ0n) is 10.7. The Morgan fingerprint density at radius 2 is 1.62 bits per heavy atom. The number of nitrogens with zero attached hydrogens (tertiary/aromatic N) is 2. The highest BCUT2D eigenvalue weighted by Gasteiger charge is 2.11. The van der Waals surface area contributed by atoms with Crippen molar-refractivity contribution in [1.82, 2.24) is 9.55 Å². The summed E-state index contributed by atoms with van der Waals surface area (Å²) >= 11 is 18.3. The molecule has 0 unspecified atom stereocenters. The van der Waals surface area contributed by atoms with Gasteiger partial charge in [0.1, 0.15) is 0 Å². The van der Waals surface area contributed by atoms with Crippen LogP contribution in [0.4, 0.5) is 11.6 Å². The minimum Gasteiger partial charge on any atom is -0.325 e. The van der Waals surface area contributed by atoms with Gasteiger partial charge in [-0.05, 0) is 24.3 Å². The molecule has 0 fully saturated rings. The van der Waals surface area contributed by atoms with Crippen molar-refractivity contribution >= 4 is 46.4 Å². The first-order valence-corrected chi connectivity index (χ1v) is 7.29. The van der Waals surface area contributed by atoms with Crippen molar-refractivity contribution in [2.75, 3.05) is 5.32 Å². The van der Waals surface area contributed by atoms with Gasteiger partial charge in [0.05, 0.1) is 20.8 Å². The van der Waals surface area contributed by atoms with Gasteiger partial charge in [-0.3, -0.25) is 4.57 Å². The van der Waals surface area contributed by atoms with E-state index in [1.54, 1.807) is 24.5 Å². The molecule has 0 aliphatic rings. The van der Waals surface area contributed by atoms with Gasteiger partial charge in [0.2, 0.25) is 5.95 Å². The van der Waals surface area contributed by atoms with Crippen molar-refractivity contribution in [2.45, 2.75) is 0 Å². The predicted octanol–water partition coefficient (Wildman–Crippen LogP) is 5.58. The van der Waals surface area contributed by atoms with Gasteiger partial charge in [0, 0.05) is 18.1 Å². The molecule has 3 aromatic rings. The third-order valence-electron chi connectivity index (χ3n) is 2.92. The minimum atomic E-state index is 0.420. The van der Waals surface area contributed by atoms with E-state index in [2.05, 4.69) is 10.3 Å². The van der Waals surface area contributed by atoms with Crippen LogP contribution in [0.3, 0.4) is 0 Å². The maximum absolute atomic E-state index is 6.25. The van der Waals surface area contributed by atoms with Gasteiger partial charge in [0.25, 0.3) is 0 Å². The van der Waals surface area contributed by atoms with Crippen LogP contribution in [0.25, 0.3) is 5.69 Å². The molecule has 2 aromatic carbocycles. The molecule has 0 amide bonds. The molecule has 0 bridgehead atoms. The maximum Gasteiger partial charge on any atom is 0.212 e. The molecule has 1 heterocycles. The fourth-order valence-electron chi connectivity index (χ4n) is 1.94. The number of para-hydroxylation sites is 1. The van der Waals surface area contributed by atoms with E-state index in [0.717, 1.165) is 5.69 Å². The second-order valence-electron chi connectivity index (χ2n) is 4.33. The average molecular weight is 339 g/mol. The SMILES string of the molecule is Clc1cc(Cl)c(-n2ccnc2Nc2ccccc2)cc1Cl. The predicted molar refractivity (Wildman–Crippen MR) is 88.3 cm³/mol. The van der Waals surface area contributed by atoms with Gasteiger partial charge in [-0.15, -0.1) is 0 Å². The van der Waals surface area contributed by atoms with Crippen LogP contribution in [-0.4, -0.2) is 9.55 Å². The maximum atomic E-state index is 6.25. The Balaban J connectivity index is 2.01. The Bertz CT molecular complexity index is 769. The minimum absolute atomic E-state index is 0.420. The van der Waals surface area contributed by atoms with Crippen LogP contribution in [-0.2, 0) is 0 Å². The molecule has 106 valence electrons. The Kier molecular flexibility index (Phi) is 4.06. The lowest BCUT2D eigenvalue weighted by Gasteiger charge is -2.12. The van der Waals surface area contributed by atoms with E-state index in [1.807, 2.05) is 34.9 Å². The summed E-state index contributed by atoms with van der Waals surface area (Å²) in [7, 11) is 0. The summed E-state index contributed by atoms with van der Waals surface area (Å²) in [6, 6.07) is 13.1. The van der Waals surface area contributed by atoms with E-state index in [0.29, 0.717) is 26.7 Å². The van der Waals surface area contributed by atoms with Crippen molar-refractivity contribution in [1.29, 1.82) is 0 Å². The van der Waals surface area contributed by atoms with E-state index < -0.39 is 0 Å². The first-order chi connectivity index (χ1) is 10.1. The highest BCUT2D eigenvalue weighted by molar-refractivity contribution is 6.43. The van der Waals surface area contributed by atoms with Gasteiger partial charge in [0.15, 0.2) is 0 Å². The molecule has 0 atom stereocenters. The van der Waals surface area contributed by atoms with Crippen LogP contribution in [0.15, 0.2) is 54.9 Å². The molecule has 1 aromatic heterocycles. The van der Waals surface area contributed by atoms with E-state index in [-0.39, 0.29) is 0 Å². The molecule has 3 nitrogen and oxygen atoms in total. The first-order valence-electron chi connectivity index (χ1n) is 6.15. The number of imidazole rings is 1. The molecule has 0 saturated heterocycles. The second kappa shape index (κ2) is 5.98. The molecule has 6 heteroatoms. The standard InChI is InChI=1S/C15H10Cl3N3/c16-11-8-13(18)14(9-12(11)17)21-7-6-19-15(21)20-10-4-2-1-3-5-10/h1-9H,(H,19,20). The van der Waals surface area contributed by atoms with Gasteiger partial charge in [-0.2, -0.15) is 0 Å². The van der Waals surface area contributed by atoms with Crippen molar-refractivity contribution in [3.8, 4) is 5.69 Å². The highest BCUT2D eigenvalue weighted by Crippen LogP contribution is 2.32. The van der Waals surface area contributed by atoms with Crippen molar-refractivity contribution in [2.24, 2.45) is 0 Å². The summed E-state index contributed by atoms with van der Waals surface area (Å²) in [5.74, 6) is 0.640. The summed E-state index contributed by atoms with van der Waals surface area (Å²) in [5.41, 5.74) is 1.64. The normalized spacial score (nSPS) is 10.6. The first kappa shape index (κ1) is 14.3. The smallest absolute Gasteiger partial charge is 0.212 e. The summed E-state index contributed by atoms with van der Waals surface area (Å²) in [5, 5.41) is 4.59. The van der Waals surface area contributed by atoms with E-state index in [4.69, 9.17) is 34.8 Å². The lowest BCUT2D eigenvalue weighted by atomic mass is 10.3. The molecule has 0 radical (unpaired) electrons. The van der Waals surface area contributed by atoms with Crippen LogP contribution in [0.2, 0.25) is 15.1 Å². The molecule has 0 saturated carbocycles. The second-order valence-corrected chi connectivity index (χ2v) is 5.55. The number of aromatic nitrogens is 2. The Morgan fingerprint density at radius 3 is 2.38 bits per heavy atom. The molecule has 0 spiro atoms. The van der Waals surface area contributed by atoms with Gasteiger partial charge >= 0.3 is 0 Å². The van der Waals surface area contributed by atoms with E-state index >= 15 is 0 Å². The lowest BCUT2D eigenvalue weighted by molar-refractivity contribution is 1.06. The monoisotopic (exact) mass is 337 g/mol. The van der Waals surface area contributed by atoms with Crippen molar-refractivity contribution in [3.63, 3.8) is 0 Å². The summed E-state index contributed by atoms with van der Waals surface area (Å²) < 4.78 is 1.82. The number of rotatable bonds is 3. The molecule has 0 aliphatic carbocycles. The lowest BCUT2D eigenvalue weighted by Crippen LogP contribution is -2.01. The van der Waals surface area contributed by atoms with Crippen LogP contribution < -0.4 is 5.32 Å². The Morgan fingerprint density at radius 1 is 0.905 bits per heavy atom. The zero-order chi connectivity index (χ0) is 14.8. The summed E-state index contributed by atoms with van der Waals surface area (Å²) in [4.78, 5) is 4.30. The third-order valence-corrected chi connectivity index (χ3v) is 3.94. The zero-order valence-corrected chi connectivity index (χ0v) is 13.0. The quantitative estimate of drug-likeness (QED) is 0.632. The number of nitrogens with one attached hydrogen (secondary N) is 1. The largest absolute Gasteiger partial charge is 0.325 e. The fraction of sp³-hybridized carbons (Fsp3) is 0. The van der Waals surface area contributed by atoms with E-state index in [1.165, 1.54) is 0 Å². The molecule has 1 N–H and O–H groups in total. The molecular formula is C15H10Cl3N3. The van der Waals surface area contributed by atoms with Crippen LogP contribution in [0.5, 0.6) is 0 Å². The van der Waals surface area contributed by atoms with E-state index in [9.17, 15) is 0 Å². The number of anilines is 2. The molecule has 21 heavy (non-hydrogen) atoms. The summed E-state index contributed by atoms with van der Waals surface area (Å²) in [6.07, 6.45) is 3.49. The van der Waals surface area contributed by atoms with Gasteiger partial charge in [-0.1, -0.05) is 53.0 Å².